The van der Waals surface area contributed by atoms with Gasteiger partial charge < -0.3 is 0 Å². The van der Waals surface area contributed by atoms with Gasteiger partial charge in [0, 0.05) is 0 Å². The highest BCUT2D eigenvalue weighted by molar-refractivity contribution is 5.79. The normalized spacial score (nSPS) is 15.8. The monoisotopic (exact) mass is 243 g/mol. The number of allylic oxidation sites excluding steroid dienone is 6. The Morgan fingerprint density at radius 2 is 1.53 bits per heavy atom. The van der Waals surface area contributed by atoms with Crippen LogP contribution in [0, 0.1) is 6.08 Å². The van der Waals surface area contributed by atoms with Gasteiger partial charge in [0.2, 0.25) is 0 Å². The van der Waals surface area contributed by atoms with E-state index in [1.165, 1.54) is 22.3 Å². The number of hydrogen-bond donors (Lipinski definition) is 0. The van der Waals surface area contributed by atoms with Crippen molar-refractivity contribution in [3.63, 3.8) is 0 Å². The van der Waals surface area contributed by atoms with E-state index in [1.807, 2.05) is 12.1 Å². The van der Waals surface area contributed by atoms with Crippen molar-refractivity contribution in [1.29, 1.82) is 0 Å². The predicted octanol–water partition coefficient (Wildman–Crippen LogP) is 4.61. The minimum atomic E-state index is 0.954. The predicted molar refractivity (Wildman–Crippen MR) is 80.5 cm³/mol. The Bertz CT molecular complexity index is 628. The minimum absolute atomic E-state index is 0.954. The summed E-state index contributed by atoms with van der Waals surface area (Å²) in [6.07, 6.45) is 10.8. The summed E-state index contributed by atoms with van der Waals surface area (Å²) in [4.78, 5) is 0. The lowest BCUT2D eigenvalue weighted by Crippen LogP contribution is -1.80. The van der Waals surface area contributed by atoms with Crippen LogP contribution in [0.25, 0.3) is 5.57 Å². The molecule has 0 bridgehead atoms. The Morgan fingerprint density at radius 1 is 0.842 bits per heavy atom. The highest BCUT2D eigenvalue weighted by Gasteiger charge is 2.04. The van der Waals surface area contributed by atoms with Crippen molar-refractivity contribution >= 4 is 5.57 Å². The molecule has 2 aromatic rings. The average molecular weight is 243 g/mol. The first-order valence-corrected chi connectivity index (χ1v) is 6.53. The fraction of sp³-hybridized carbons (Fsp3) is 0.0526. The molecule has 2 aromatic carbocycles. The van der Waals surface area contributed by atoms with Gasteiger partial charge in [-0.2, -0.15) is 0 Å². The van der Waals surface area contributed by atoms with Crippen molar-refractivity contribution in [2.45, 2.75) is 6.42 Å². The molecular formula is C19H15. The maximum atomic E-state index is 3.32. The smallest absolute Gasteiger partial charge is 0.00882 e. The van der Waals surface area contributed by atoms with Crippen LogP contribution >= 0.6 is 0 Å². The topological polar surface area (TPSA) is 0 Å². The van der Waals surface area contributed by atoms with Gasteiger partial charge in [-0.25, -0.2) is 0 Å². The SMILES string of the molecule is [C]1=CC(c2ccccc2)=CC1=CCc1ccccc1. The molecule has 0 atom stereocenters. The molecule has 0 saturated heterocycles. The van der Waals surface area contributed by atoms with Crippen LogP contribution in [0.5, 0.6) is 0 Å². The molecule has 19 heavy (non-hydrogen) atoms. The van der Waals surface area contributed by atoms with Crippen LogP contribution in [0.15, 0.2) is 84.5 Å². The first-order chi connectivity index (χ1) is 9.42. The molecule has 3 rings (SSSR count). The molecule has 0 aromatic heterocycles. The van der Waals surface area contributed by atoms with Crippen LogP contribution in [0.4, 0.5) is 0 Å². The molecule has 0 aliphatic heterocycles. The number of rotatable bonds is 3. The number of benzene rings is 2. The lowest BCUT2D eigenvalue weighted by molar-refractivity contribution is 1.26. The van der Waals surface area contributed by atoms with E-state index in [-0.39, 0.29) is 0 Å². The molecule has 1 aliphatic carbocycles. The maximum absolute atomic E-state index is 3.32. The van der Waals surface area contributed by atoms with Gasteiger partial charge in [-0.1, -0.05) is 66.7 Å². The van der Waals surface area contributed by atoms with E-state index in [2.05, 4.69) is 72.8 Å². The van der Waals surface area contributed by atoms with E-state index in [0.717, 1.165) is 6.42 Å². The highest BCUT2D eigenvalue weighted by atomic mass is 14.1. The molecule has 0 spiro atoms. The van der Waals surface area contributed by atoms with Crippen molar-refractivity contribution in [3.8, 4) is 0 Å². The Balaban J connectivity index is 1.75. The molecule has 1 radical (unpaired) electrons. The highest BCUT2D eigenvalue weighted by Crippen LogP contribution is 2.24. The maximum Gasteiger partial charge on any atom is -0.00882 e. The van der Waals surface area contributed by atoms with Crippen LogP contribution in [-0.2, 0) is 6.42 Å². The van der Waals surface area contributed by atoms with Crippen LogP contribution in [-0.4, -0.2) is 0 Å². The van der Waals surface area contributed by atoms with Gasteiger partial charge in [0.25, 0.3) is 0 Å². The molecule has 0 heterocycles. The van der Waals surface area contributed by atoms with E-state index < -0.39 is 0 Å². The van der Waals surface area contributed by atoms with Crippen LogP contribution < -0.4 is 0 Å². The molecule has 0 amide bonds. The lowest BCUT2D eigenvalue weighted by atomic mass is 10.1. The Labute approximate surface area is 114 Å². The zero-order valence-electron chi connectivity index (χ0n) is 10.7. The van der Waals surface area contributed by atoms with E-state index in [4.69, 9.17) is 0 Å². The van der Waals surface area contributed by atoms with Crippen molar-refractivity contribution < 1.29 is 0 Å². The van der Waals surface area contributed by atoms with Gasteiger partial charge in [-0.3, -0.25) is 0 Å². The van der Waals surface area contributed by atoms with Gasteiger partial charge in [0.15, 0.2) is 0 Å². The molecule has 0 unspecified atom stereocenters. The number of hydrogen-bond acceptors (Lipinski definition) is 0. The van der Waals surface area contributed by atoms with Gasteiger partial charge >= 0.3 is 0 Å². The molecular weight excluding hydrogens is 228 g/mol. The first kappa shape index (κ1) is 11.7. The summed E-state index contributed by atoms with van der Waals surface area (Å²) >= 11 is 0. The van der Waals surface area contributed by atoms with Crippen molar-refractivity contribution in [2.75, 3.05) is 0 Å². The summed E-state index contributed by atoms with van der Waals surface area (Å²) in [5.41, 5.74) is 4.99. The molecule has 0 nitrogen and oxygen atoms in total. The standard InChI is InChI=1S/C19H15/c1-3-7-16(8-4-1)11-12-17-13-14-19(15-17)18-9-5-2-6-10-18/h1-10,12,14-15H,11H2. The first-order valence-electron chi connectivity index (χ1n) is 6.53. The fourth-order valence-electron chi connectivity index (χ4n) is 2.17. The average Bonchev–Trinajstić information content (AvgIpc) is 2.96. The molecule has 0 fully saturated rings. The van der Waals surface area contributed by atoms with Crippen LogP contribution in [0.1, 0.15) is 11.1 Å². The summed E-state index contributed by atoms with van der Waals surface area (Å²) in [5.74, 6) is 0. The quantitative estimate of drug-likeness (QED) is 0.738. The largest absolute Gasteiger partial charge is 0.0722 e. The van der Waals surface area contributed by atoms with Crippen molar-refractivity contribution in [1.82, 2.24) is 0 Å². The van der Waals surface area contributed by atoms with E-state index >= 15 is 0 Å². The Hall–Kier alpha value is -2.34. The van der Waals surface area contributed by atoms with E-state index in [0.29, 0.717) is 0 Å². The van der Waals surface area contributed by atoms with Crippen LogP contribution in [0.2, 0.25) is 0 Å². The molecule has 1 aliphatic rings. The van der Waals surface area contributed by atoms with Gasteiger partial charge in [-0.15, -0.1) is 0 Å². The second-order valence-electron chi connectivity index (χ2n) is 4.60. The summed E-state index contributed by atoms with van der Waals surface area (Å²) in [6, 6.07) is 20.9. The molecule has 0 heteroatoms. The Kier molecular flexibility index (Phi) is 3.42. The van der Waals surface area contributed by atoms with Crippen molar-refractivity contribution in [2.24, 2.45) is 0 Å². The second kappa shape index (κ2) is 5.53. The van der Waals surface area contributed by atoms with Crippen molar-refractivity contribution in [3.05, 3.63) is 102 Å². The Morgan fingerprint density at radius 3 is 2.26 bits per heavy atom. The second-order valence-corrected chi connectivity index (χ2v) is 4.60. The lowest BCUT2D eigenvalue weighted by Gasteiger charge is -1.98. The minimum Gasteiger partial charge on any atom is -0.0722 e. The molecule has 0 N–H and O–H groups in total. The third-order valence-electron chi connectivity index (χ3n) is 3.21. The summed E-state index contributed by atoms with van der Waals surface area (Å²) in [5, 5.41) is 0. The van der Waals surface area contributed by atoms with E-state index in [1.54, 1.807) is 0 Å². The molecule has 0 saturated carbocycles. The van der Waals surface area contributed by atoms with Gasteiger partial charge in [0.1, 0.15) is 0 Å². The third kappa shape index (κ3) is 2.92. The summed E-state index contributed by atoms with van der Waals surface area (Å²) in [6.45, 7) is 0. The fourth-order valence-corrected chi connectivity index (χ4v) is 2.17. The summed E-state index contributed by atoms with van der Waals surface area (Å²) < 4.78 is 0. The van der Waals surface area contributed by atoms with E-state index in [9.17, 15) is 0 Å². The zero-order valence-corrected chi connectivity index (χ0v) is 10.7. The van der Waals surface area contributed by atoms with Gasteiger partial charge in [-0.05, 0) is 46.9 Å². The zero-order chi connectivity index (χ0) is 12.9. The third-order valence-corrected chi connectivity index (χ3v) is 3.21. The van der Waals surface area contributed by atoms with Crippen LogP contribution in [0.3, 0.4) is 0 Å². The summed E-state index contributed by atoms with van der Waals surface area (Å²) in [7, 11) is 0. The van der Waals surface area contributed by atoms with Gasteiger partial charge in [0.05, 0.1) is 0 Å². The molecule has 91 valence electrons.